The summed E-state index contributed by atoms with van der Waals surface area (Å²) in [5, 5.41) is 2.60. The molecule has 1 aromatic heterocycles. The highest BCUT2D eigenvalue weighted by molar-refractivity contribution is 5.42. The van der Waals surface area contributed by atoms with E-state index in [4.69, 9.17) is 4.74 Å². The summed E-state index contributed by atoms with van der Waals surface area (Å²) >= 11 is 0. The molecule has 0 aliphatic rings. The van der Waals surface area contributed by atoms with Gasteiger partial charge in [0.2, 0.25) is 5.88 Å². The molecule has 0 aliphatic carbocycles. The van der Waals surface area contributed by atoms with Gasteiger partial charge in [0.05, 0.1) is 12.2 Å². The maximum Gasteiger partial charge on any atom is 0.416 e. The van der Waals surface area contributed by atoms with Gasteiger partial charge in [-0.05, 0) is 24.8 Å². The van der Waals surface area contributed by atoms with Crippen LogP contribution in [0.4, 0.5) is 19.0 Å². The van der Waals surface area contributed by atoms with E-state index in [9.17, 15) is 13.2 Å². The zero-order valence-corrected chi connectivity index (χ0v) is 11.3. The van der Waals surface area contributed by atoms with Gasteiger partial charge < -0.3 is 10.1 Å². The summed E-state index contributed by atoms with van der Waals surface area (Å²) in [7, 11) is 1.52. The second-order valence-electron chi connectivity index (χ2n) is 4.71. The Morgan fingerprint density at radius 1 is 1.32 bits per heavy atom. The van der Waals surface area contributed by atoms with Crippen LogP contribution in [0.2, 0.25) is 0 Å². The van der Waals surface area contributed by atoms with Crippen LogP contribution in [0.5, 0.6) is 5.88 Å². The van der Waals surface area contributed by atoms with Gasteiger partial charge in [0, 0.05) is 13.1 Å². The lowest BCUT2D eigenvalue weighted by atomic mass is 10.1. The van der Waals surface area contributed by atoms with Gasteiger partial charge in [-0.3, -0.25) is 0 Å². The molecule has 0 fully saturated rings. The quantitative estimate of drug-likeness (QED) is 0.799. The highest BCUT2D eigenvalue weighted by Crippen LogP contribution is 2.32. The molecule has 6 heteroatoms. The van der Waals surface area contributed by atoms with E-state index in [1.54, 1.807) is 0 Å². The summed E-state index contributed by atoms with van der Waals surface area (Å²) in [4.78, 5) is 3.95. The lowest BCUT2D eigenvalue weighted by Gasteiger charge is -2.12. The lowest BCUT2D eigenvalue weighted by Crippen LogP contribution is -2.09. The fraction of sp³-hybridized carbons (Fsp3) is 0.615. The van der Waals surface area contributed by atoms with E-state index in [-0.39, 0.29) is 11.7 Å². The van der Waals surface area contributed by atoms with E-state index in [1.165, 1.54) is 7.05 Å². The van der Waals surface area contributed by atoms with Crippen molar-refractivity contribution >= 4 is 5.82 Å². The first kappa shape index (κ1) is 15.6. The van der Waals surface area contributed by atoms with E-state index >= 15 is 0 Å². The Kier molecular flexibility index (Phi) is 5.44. The Hall–Kier alpha value is -1.46. The predicted octanol–water partition coefficient (Wildman–Crippen LogP) is 3.96. The SMILES string of the molecule is CNc1cc(C(F)(F)F)cc(OCCCC(C)C)n1. The van der Waals surface area contributed by atoms with Gasteiger partial charge >= 0.3 is 6.18 Å². The summed E-state index contributed by atoms with van der Waals surface area (Å²) in [5.41, 5.74) is -0.759. The summed E-state index contributed by atoms with van der Waals surface area (Å²) in [6.07, 6.45) is -2.63. The van der Waals surface area contributed by atoms with Crippen molar-refractivity contribution in [2.24, 2.45) is 5.92 Å². The monoisotopic (exact) mass is 276 g/mol. The van der Waals surface area contributed by atoms with Crippen LogP contribution in [0, 0.1) is 5.92 Å². The maximum absolute atomic E-state index is 12.7. The van der Waals surface area contributed by atoms with Crippen molar-refractivity contribution in [3.8, 4) is 5.88 Å². The molecule has 1 rings (SSSR count). The number of hydrogen-bond donors (Lipinski definition) is 1. The molecular formula is C13H19F3N2O. The largest absolute Gasteiger partial charge is 0.478 e. The van der Waals surface area contributed by atoms with Crippen molar-refractivity contribution in [2.75, 3.05) is 19.0 Å². The van der Waals surface area contributed by atoms with Crippen molar-refractivity contribution in [3.05, 3.63) is 17.7 Å². The average molecular weight is 276 g/mol. The van der Waals surface area contributed by atoms with Crippen molar-refractivity contribution in [2.45, 2.75) is 32.9 Å². The molecule has 3 nitrogen and oxygen atoms in total. The normalized spacial score (nSPS) is 11.7. The van der Waals surface area contributed by atoms with Crippen LogP contribution in [0.15, 0.2) is 12.1 Å². The van der Waals surface area contributed by atoms with Gasteiger partial charge in [-0.1, -0.05) is 13.8 Å². The van der Waals surface area contributed by atoms with E-state index in [1.807, 2.05) is 0 Å². The number of rotatable bonds is 6. The Bertz CT molecular complexity index is 405. The van der Waals surface area contributed by atoms with E-state index in [0.29, 0.717) is 12.5 Å². The van der Waals surface area contributed by atoms with Crippen molar-refractivity contribution < 1.29 is 17.9 Å². The Morgan fingerprint density at radius 2 is 2.00 bits per heavy atom. The Labute approximate surface area is 111 Å². The second-order valence-corrected chi connectivity index (χ2v) is 4.71. The molecule has 0 aliphatic heterocycles. The van der Waals surface area contributed by atoms with Gasteiger partial charge in [0.25, 0.3) is 0 Å². The molecule has 0 aromatic carbocycles. The number of pyridine rings is 1. The van der Waals surface area contributed by atoms with Crippen LogP contribution < -0.4 is 10.1 Å². The molecule has 19 heavy (non-hydrogen) atoms. The highest BCUT2D eigenvalue weighted by atomic mass is 19.4. The zero-order chi connectivity index (χ0) is 14.5. The third kappa shape index (κ3) is 5.36. The molecule has 1 N–H and O–H groups in total. The fourth-order valence-electron chi connectivity index (χ4n) is 1.54. The first-order chi connectivity index (χ1) is 8.82. The molecule has 0 spiro atoms. The number of anilines is 1. The van der Waals surface area contributed by atoms with Crippen molar-refractivity contribution in [3.63, 3.8) is 0 Å². The maximum atomic E-state index is 12.7. The van der Waals surface area contributed by atoms with E-state index in [2.05, 4.69) is 24.1 Å². The molecule has 0 unspecified atom stereocenters. The number of alkyl halides is 3. The Balaban J connectivity index is 2.72. The van der Waals surface area contributed by atoms with Gasteiger partial charge in [0.1, 0.15) is 5.82 Å². The number of halogens is 3. The number of aromatic nitrogens is 1. The fourth-order valence-corrected chi connectivity index (χ4v) is 1.54. The third-order valence-electron chi connectivity index (χ3n) is 2.56. The minimum absolute atomic E-state index is 0.00271. The number of ether oxygens (including phenoxy) is 1. The van der Waals surface area contributed by atoms with Gasteiger partial charge in [-0.2, -0.15) is 18.2 Å². The smallest absolute Gasteiger partial charge is 0.416 e. The third-order valence-corrected chi connectivity index (χ3v) is 2.56. The topological polar surface area (TPSA) is 34.1 Å². The lowest BCUT2D eigenvalue weighted by molar-refractivity contribution is -0.137. The minimum atomic E-state index is -4.40. The van der Waals surface area contributed by atoms with Crippen LogP contribution in [-0.4, -0.2) is 18.6 Å². The zero-order valence-electron chi connectivity index (χ0n) is 11.3. The molecule has 108 valence electrons. The summed E-state index contributed by atoms with van der Waals surface area (Å²) in [5.74, 6) is 0.697. The molecular weight excluding hydrogens is 257 g/mol. The molecule has 0 amide bonds. The van der Waals surface area contributed by atoms with Crippen LogP contribution >= 0.6 is 0 Å². The summed E-state index contributed by atoms with van der Waals surface area (Å²) in [6.45, 7) is 4.54. The van der Waals surface area contributed by atoms with Gasteiger partial charge in [-0.25, -0.2) is 0 Å². The molecule has 1 aromatic rings. The average Bonchev–Trinajstić information content (AvgIpc) is 2.33. The minimum Gasteiger partial charge on any atom is -0.478 e. The van der Waals surface area contributed by atoms with Crippen LogP contribution in [0.25, 0.3) is 0 Å². The predicted molar refractivity (Wildman–Crippen MR) is 68.4 cm³/mol. The molecule has 1 heterocycles. The summed E-state index contributed by atoms with van der Waals surface area (Å²) < 4.78 is 43.3. The number of nitrogens with zero attached hydrogens (tertiary/aromatic N) is 1. The van der Waals surface area contributed by atoms with E-state index in [0.717, 1.165) is 25.0 Å². The molecule has 0 saturated heterocycles. The van der Waals surface area contributed by atoms with Gasteiger partial charge in [-0.15, -0.1) is 0 Å². The highest BCUT2D eigenvalue weighted by Gasteiger charge is 2.31. The van der Waals surface area contributed by atoms with Gasteiger partial charge in [0.15, 0.2) is 0 Å². The van der Waals surface area contributed by atoms with Crippen molar-refractivity contribution in [1.29, 1.82) is 0 Å². The first-order valence-electron chi connectivity index (χ1n) is 6.22. The van der Waals surface area contributed by atoms with Crippen molar-refractivity contribution in [1.82, 2.24) is 4.98 Å². The molecule has 0 bridgehead atoms. The van der Waals surface area contributed by atoms with Crippen LogP contribution in [0.3, 0.4) is 0 Å². The number of hydrogen-bond acceptors (Lipinski definition) is 3. The van der Waals surface area contributed by atoms with Crippen LogP contribution in [0.1, 0.15) is 32.3 Å². The standard InChI is InChI=1S/C13H19F3N2O/c1-9(2)5-4-6-19-12-8-10(13(14,15)16)7-11(17-3)18-12/h7-9H,4-6H2,1-3H3,(H,17,18). The molecule has 0 atom stereocenters. The van der Waals surface area contributed by atoms with E-state index < -0.39 is 11.7 Å². The summed E-state index contributed by atoms with van der Waals surface area (Å²) in [6, 6.07) is 1.89. The molecule has 0 radical (unpaired) electrons. The Morgan fingerprint density at radius 3 is 2.53 bits per heavy atom. The molecule has 0 saturated carbocycles. The van der Waals surface area contributed by atoms with Crippen LogP contribution in [-0.2, 0) is 6.18 Å². The second kappa shape index (κ2) is 6.63. The first-order valence-corrected chi connectivity index (χ1v) is 6.22. The number of nitrogens with one attached hydrogen (secondary N) is 1.